The number of carbonyl (C=O) groups is 1. The molecule has 0 amide bonds. The number of ketones is 1. The second-order valence-electron chi connectivity index (χ2n) is 5.54. The first-order chi connectivity index (χ1) is 7.10. The summed E-state index contributed by atoms with van der Waals surface area (Å²) in [4.78, 5) is 11.9. The maximum atomic E-state index is 11.9. The minimum absolute atomic E-state index is 0.101. The lowest BCUT2D eigenvalue weighted by atomic mass is 9.67. The molecule has 2 unspecified atom stereocenters. The van der Waals surface area contributed by atoms with Crippen LogP contribution in [-0.2, 0) is 4.79 Å². The lowest BCUT2D eigenvalue weighted by molar-refractivity contribution is -0.136. The van der Waals surface area contributed by atoms with Crippen LogP contribution in [0.2, 0.25) is 0 Å². The molecular weight excluding hydrogens is 231 g/mol. The van der Waals surface area contributed by atoms with E-state index in [9.17, 15) is 4.79 Å². The quantitative estimate of drug-likeness (QED) is 0.472. The number of carbonyl (C=O) groups excluding carboxylic acids is 1. The maximum Gasteiger partial charge on any atom is 0.179 e. The second-order valence-corrected chi connectivity index (χ2v) is 6.93. The zero-order valence-electron chi connectivity index (χ0n) is 8.20. The first-order valence-electron chi connectivity index (χ1n) is 5.71. The van der Waals surface area contributed by atoms with Gasteiger partial charge in [0.05, 0.1) is 0 Å². The van der Waals surface area contributed by atoms with Gasteiger partial charge in [0.15, 0.2) is 10.1 Å². The number of allylic oxidation sites excluding steroid dienone is 2. The number of Topliss-reactive ketones (excluding diaryl/α,β-unsaturated/α-hetero) is 1. The van der Waals surface area contributed by atoms with Crippen LogP contribution in [0.5, 0.6) is 0 Å². The maximum absolute atomic E-state index is 11.9. The SMILES string of the molecule is O=C1[C@@H]2[C@H]3C4C=CC(C4)[C@H]3C[C@@H]2C1(Cl)Cl. The Kier molecular flexibility index (Phi) is 1.49. The average molecular weight is 243 g/mol. The Morgan fingerprint density at radius 1 is 1.20 bits per heavy atom. The third-order valence-corrected chi connectivity index (χ3v) is 6.09. The fourth-order valence-electron chi connectivity index (χ4n) is 4.58. The molecule has 80 valence electrons. The average Bonchev–Trinajstić information content (AvgIpc) is 2.87. The van der Waals surface area contributed by atoms with Gasteiger partial charge in [-0.15, -0.1) is 0 Å². The summed E-state index contributed by atoms with van der Waals surface area (Å²) in [6, 6.07) is 0. The lowest BCUT2D eigenvalue weighted by Crippen LogP contribution is -2.56. The normalized spacial score (nSPS) is 57.9. The van der Waals surface area contributed by atoms with Gasteiger partial charge in [0.1, 0.15) is 0 Å². The Labute approximate surface area is 98.8 Å². The smallest absolute Gasteiger partial charge is 0.179 e. The van der Waals surface area contributed by atoms with Gasteiger partial charge in [-0.25, -0.2) is 0 Å². The van der Waals surface area contributed by atoms with E-state index in [4.69, 9.17) is 23.2 Å². The van der Waals surface area contributed by atoms with Crippen LogP contribution in [0.25, 0.3) is 0 Å². The molecule has 1 nitrogen and oxygen atoms in total. The molecule has 3 heteroatoms. The summed E-state index contributed by atoms with van der Waals surface area (Å²) in [5.41, 5.74) is 0. The molecule has 4 aliphatic carbocycles. The van der Waals surface area contributed by atoms with Gasteiger partial charge in [0.2, 0.25) is 0 Å². The van der Waals surface area contributed by atoms with Gasteiger partial charge < -0.3 is 0 Å². The molecule has 0 aromatic carbocycles. The van der Waals surface area contributed by atoms with Crippen LogP contribution in [0.3, 0.4) is 0 Å². The van der Waals surface area contributed by atoms with E-state index in [2.05, 4.69) is 12.2 Å². The van der Waals surface area contributed by atoms with Crippen LogP contribution in [0.4, 0.5) is 0 Å². The van der Waals surface area contributed by atoms with E-state index in [1.54, 1.807) is 0 Å². The molecule has 0 saturated heterocycles. The van der Waals surface area contributed by atoms with E-state index in [0.717, 1.165) is 6.42 Å². The Balaban J connectivity index is 1.74. The van der Waals surface area contributed by atoms with Crippen molar-refractivity contribution >= 4 is 29.0 Å². The predicted octanol–water partition coefficient (Wildman–Crippen LogP) is 2.82. The van der Waals surface area contributed by atoms with E-state index in [-0.39, 0.29) is 17.6 Å². The van der Waals surface area contributed by atoms with E-state index in [1.807, 2.05) is 0 Å². The van der Waals surface area contributed by atoms with Gasteiger partial charge in [-0.05, 0) is 36.5 Å². The van der Waals surface area contributed by atoms with Gasteiger partial charge in [-0.2, -0.15) is 0 Å². The van der Waals surface area contributed by atoms with Crippen molar-refractivity contribution in [2.24, 2.45) is 35.5 Å². The Hall–Kier alpha value is -0.0100. The number of halogens is 2. The largest absolute Gasteiger partial charge is 0.296 e. The zero-order chi connectivity index (χ0) is 10.4. The molecule has 0 heterocycles. The first-order valence-corrected chi connectivity index (χ1v) is 6.47. The third-order valence-electron chi connectivity index (χ3n) is 5.16. The molecular formula is C12H12Cl2O. The molecule has 0 N–H and O–H groups in total. The Morgan fingerprint density at radius 3 is 2.73 bits per heavy atom. The summed E-state index contributed by atoms with van der Waals surface area (Å²) in [7, 11) is 0. The van der Waals surface area contributed by atoms with E-state index in [0.29, 0.717) is 23.7 Å². The van der Waals surface area contributed by atoms with Gasteiger partial charge in [0, 0.05) is 11.8 Å². The van der Waals surface area contributed by atoms with Crippen LogP contribution in [0, 0.1) is 35.5 Å². The molecule has 4 aliphatic rings. The predicted molar refractivity (Wildman–Crippen MR) is 58.8 cm³/mol. The van der Waals surface area contributed by atoms with Crippen molar-refractivity contribution in [1.82, 2.24) is 0 Å². The van der Waals surface area contributed by atoms with E-state index < -0.39 is 4.33 Å². The van der Waals surface area contributed by atoms with Crippen molar-refractivity contribution in [2.45, 2.75) is 17.2 Å². The Morgan fingerprint density at radius 2 is 1.93 bits per heavy atom. The fourth-order valence-corrected chi connectivity index (χ4v) is 5.28. The summed E-state index contributed by atoms with van der Waals surface area (Å²) >= 11 is 12.2. The van der Waals surface area contributed by atoms with E-state index in [1.165, 1.54) is 6.42 Å². The van der Waals surface area contributed by atoms with Gasteiger partial charge in [-0.1, -0.05) is 35.4 Å². The monoisotopic (exact) mass is 242 g/mol. The van der Waals surface area contributed by atoms with Gasteiger partial charge in [-0.3, -0.25) is 4.79 Å². The van der Waals surface area contributed by atoms with Crippen molar-refractivity contribution in [3.63, 3.8) is 0 Å². The molecule has 0 aliphatic heterocycles. The summed E-state index contributed by atoms with van der Waals surface area (Å²) in [5.74, 6) is 3.15. The molecule has 2 bridgehead atoms. The highest BCUT2D eigenvalue weighted by Crippen LogP contribution is 2.68. The molecule has 3 fully saturated rings. The topological polar surface area (TPSA) is 17.1 Å². The highest BCUT2D eigenvalue weighted by molar-refractivity contribution is 6.60. The summed E-state index contributed by atoms with van der Waals surface area (Å²) in [6.45, 7) is 0. The molecule has 15 heavy (non-hydrogen) atoms. The van der Waals surface area contributed by atoms with E-state index >= 15 is 0 Å². The number of hydrogen-bond acceptors (Lipinski definition) is 1. The van der Waals surface area contributed by atoms with Crippen LogP contribution in [0.15, 0.2) is 12.2 Å². The highest BCUT2D eigenvalue weighted by atomic mass is 35.5. The standard InChI is InChI=1S/C12H12Cl2O/c13-12(14)8-4-7-5-1-2-6(3-5)9(7)10(8)11(12)15/h1-2,5-10H,3-4H2/t5?,6?,7-,8+,9+,10+/m1/s1. The number of hydrogen-bond donors (Lipinski definition) is 0. The van der Waals surface area contributed by atoms with Crippen LogP contribution in [-0.4, -0.2) is 10.1 Å². The van der Waals surface area contributed by atoms with Crippen LogP contribution >= 0.6 is 23.2 Å². The van der Waals surface area contributed by atoms with Crippen molar-refractivity contribution in [3.8, 4) is 0 Å². The zero-order valence-corrected chi connectivity index (χ0v) is 9.71. The molecule has 6 atom stereocenters. The molecule has 0 aromatic rings. The molecule has 3 saturated carbocycles. The number of fused-ring (bicyclic) bond motifs is 7. The van der Waals surface area contributed by atoms with Crippen molar-refractivity contribution in [2.75, 3.05) is 0 Å². The molecule has 0 radical (unpaired) electrons. The van der Waals surface area contributed by atoms with Crippen LogP contribution < -0.4 is 0 Å². The molecule has 0 aromatic heterocycles. The first kappa shape index (κ1) is 9.07. The highest BCUT2D eigenvalue weighted by Gasteiger charge is 2.70. The third kappa shape index (κ3) is 0.838. The van der Waals surface area contributed by atoms with Crippen molar-refractivity contribution in [3.05, 3.63) is 12.2 Å². The summed E-state index contributed by atoms with van der Waals surface area (Å²) in [6.07, 6.45) is 6.98. The molecule has 0 spiro atoms. The molecule has 4 rings (SSSR count). The second kappa shape index (κ2) is 2.46. The number of rotatable bonds is 0. The minimum atomic E-state index is -1.05. The fraction of sp³-hybridized carbons (Fsp3) is 0.750. The van der Waals surface area contributed by atoms with Crippen molar-refractivity contribution in [1.29, 1.82) is 0 Å². The van der Waals surface area contributed by atoms with Gasteiger partial charge in [0.25, 0.3) is 0 Å². The van der Waals surface area contributed by atoms with Gasteiger partial charge >= 0.3 is 0 Å². The van der Waals surface area contributed by atoms with Crippen molar-refractivity contribution < 1.29 is 4.79 Å². The Bertz CT molecular complexity index is 387. The van der Waals surface area contributed by atoms with Crippen LogP contribution in [0.1, 0.15) is 12.8 Å². The summed E-state index contributed by atoms with van der Waals surface area (Å²) in [5, 5.41) is 0. The lowest BCUT2D eigenvalue weighted by Gasteiger charge is -2.44. The summed E-state index contributed by atoms with van der Waals surface area (Å²) < 4.78 is -1.05. The minimum Gasteiger partial charge on any atom is -0.296 e. The number of alkyl halides is 2.